The number of benzene rings is 1. The minimum Gasteiger partial charge on any atom is -0.496 e. The van der Waals surface area contributed by atoms with Crippen LogP contribution in [0.1, 0.15) is 26.2 Å². The van der Waals surface area contributed by atoms with Crippen LogP contribution in [-0.2, 0) is 14.3 Å². The standard InChI is InChI=1S/C22H32O8Si/c1-16(23)28-12-9-8-10-17(11-13-31(5,6)7)29-22(24)30-21-19(26-3)14-18(25-2)15-20(21)27-4/h14-15,17H,8-10,12H2,1-7H3. The molecule has 0 N–H and O–H groups in total. The molecule has 9 heteroatoms. The molecule has 1 aromatic carbocycles. The van der Waals surface area contributed by atoms with Gasteiger partial charge in [0.25, 0.3) is 0 Å². The number of hydrogen-bond donors (Lipinski definition) is 0. The van der Waals surface area contributed by atoms with Crippen molar-refractivity contribution in [1.29, 1.82) is 0 Å². The summed E-state index contributed by atoms with van der Waals surface area (Å²) in [5.74, 6) is 3.83. The van der Waals surface area contributed by atoms with Crippen LogP contribution in [0.5, 0.6) is 23.0 Å². The van der Waals surface area contributed by atoms with E-state index in [1.807, 2.05) is 0 Å². The summed E-state index contributed by atoms with van der Waals surface area (Å²) in [5, 5.41) is 0. The third-order valence-electron chi connectivity index (χ3n) is 3.87. The second kappa shape index (κ2) is 12.7. The average Bonchev–Trinajstić information content (AvgIpc) is 2.70. The Labute approximate surface area is 185 Å². The van der Waals surface area contributed by atoms with Crippen LogP contribution in [0.25, 0.3) is 0 Å². The van der Waals surface area contributed by atoms with Gasteiger partial charge in [0.05, 0.1) is 27.9 Å². The van der Waals surface area contributed by atoms with E-state index in [1.165, 1.54) is 28.3 Å². The molecule has 0 radical (unpaired) electrons. The van der Waals surface area contributed by atoms with E-state index in [-0.39, 0.29) is 23.2 Å². The molecule has 0 heterocycles. The first-order valence-corrected chi connectivity index (χ1v) is 13.4. The Morgan fingerprint density at radius 2 is 1.61 bits per heavy atom. The van der Waals surface area contributed by atoms with Gasteiger partial charge >= 0.3 is 12.1 Å². The van der Waals surface area contributed by atoms with Crippen LogP contribution in [0, 0.1) is 11.5 Å². The molecular formula is C22H32O8Si. The van der Waals surface area contributed by atoms with Crippen LogP contribution >= 0.6 is 0 Å². The Kier molecular flexibility index (Phi) is 10.8. The Morgan fingerprint density at radius 3 is 2.10 bits per heavy atom. The van der Waals surface area contributed by atoms with Crippen LogP contribution in [0.3, 0.4) is 0 Å². The molecule has 0 bridgehead atoms. The fourth-order valence-electron chi connectivity index (χ4n) is 2.40. The highest BCUT2D eigenvalue weighted by Crippen LogP contribution is 2.41. The number of hydrogen-bond acceptors (Lipinski definition) is 8. The summed E-state index contributed by atoms with van der Waals surface area (Å²) >= 11 is 0. The topological polar surface area (TPSA) is 89.5 Å². The van der Waals surface area contributed by atoms with Gasteiger partial charge in [0, 0.05) is 19.1 Å². The average molecular weight is 453 g/mol. The van der Waals surface area contributed by atoms with Crippen molar-refractivity contribution in [1.82, 2.24) is 0 Å². The van der Waals surface area contributed by atoms with Crippen molar-refractivity contribution in [3.8, 4) is 34.5 Å². The van der Waals surface area contributed by atoms with Crippen molar-refractivity contribution in [3.63, 3.8) is 0 Å². The van der Waals surface area contributed by atoms with Crippen molar-refractivity contribution >= 4 is 20.2 Å². The first-order chi connectivity index (χ1) is 14.6. The molecule has 0 saturated carbocycles. The fraction of sp³-hybridized carbons (Fsp3) is 0.545. The lowest BCUT2D eigenvalue weighted by Crippen LogP contribution is -2.23. The molecule has 1 atom stereocenters. The van der Waals surface area contributed by atoms with Crippen molar-refractivity contribution < 1.29 is 38.0 Å². The van der Waals surface area contributed by atoms with Crippen molar-refractivity contribution in [2.75, 3.05) is 27.9 Å². The zero-order valence-corrected chi connectivity index (χ0v) is 20.3. The molecule has 0 spiro atoms. The van der Waals surface area contributed by atoms with E-state index < -0.39 is 20.3 Å². The number of ether oxygens (including phenoxy) is 6. The summed E-state index contributed by atoms with van der Waals surface area (Å²) in [5.41, 5.74) is 3.22. The number of methoxy groups -OCH3 is 3. The van der Waals surface area contributed by atoms with E-state index in [4.69, 9.17) is 28.4 Å². The predicted molar refractivity (Wildman–Crippen MR) is 119 cm³/mol. The van der Waals surface area contributed by atoms with Crippen molar-refractivity contribution in [2.45, 2.75) is 51.9 Å². The van der Waals surface area contributed by atoms with E-state index in [9.17, 15) is 9.59 Å². The Morgan fingerprint density at radius 1 is 1.00 bits per heavy atom. The van der Waals surface area contributed by atoms with Gasteiger partial charge in [0.1, 0.15) is 13.8 Å². The van der Waals surface area contributed by atoms with Gasteiger partial charge in [0.2, 0.25) is 5.75 Å². The lowest BCUT2D eigenvalue weighted by Gasteiger charge is -2.17. The first kappa shape index (κ1) is 26.2. The van der Waals surface area contributed by atoms with Crippen molar-refractivity contribution in [2.24, 2.45) is 0 Å². The molecule has 8 nitrogen and oxygen atoms in total. The molecule has 0 saturated heterocycles. The summed E-state index contributed by atoms with van der Waals surface area (Å²) in [6, 6.07) is 3.14. The molecule has 1 unspecified atom stereocenters. The Hall–Kier alpha value is -2.86. The predicted octanol–water partition coefficient (Wildman–Crippen LogP) is 4.21. The van der Waals surface area contributed by atoms with Gasteiger partial charge in [-0.1, -0.05) is 25.6 Å². The number of esters is 1. The summed E-state index contributed by atoms with van der Waals surface area (Å²) in [7, 11) is 2.72. The fourth-order valence-corrected chi connectivity index (χ4v) is 3.00. The second-order valence-corrected chi connectivity index (χ2v) is 12.4. The minimum atomic E-state index is -1.67. The smallest absolute Gasteiger partial charge is 0.496 e. The molecule has 1 rings (SSSR count). The van der Waals surface area contributed by atoms with Gasteiger partial charge in [-0.2, -0.15) is 0 Å². The Balaban J connectivity index is 2.90. The maximum atomic E-state index is 12.5. The number of carbonyl (C=O) groups excluding carboxylic acids is 2. The summed E-state index contributed by atoms with van der Waals surface area (Å²) in [4.78, 5) is 23.4. The maximum Gasteiger partial charge on any atom is 0.515 e. The third kappa shape index (κ3) is 10.1. The van der Waals surface area contributed by atoms with Crippen molar-refractivity contribution in [3.05, 3.63) is 12.1 Å². The number of unbranched alkanes of at least 4 members (excludes halogenated alkanes) is 1. The molecule has 0 aliphatic heterocycles. The van der Waals surface area contributed by atoms with Gasteiger partial charge in [-0.3, -0.25) is 4.79 Å². The highest BCUT2D eigenvalue weighted by atomic mass is 28.3. The number of carbonyl (C=O) groups is 2. The lowest BCUT2D eigenvalue weighted by molar-refractivity contribution is -0.141. The number of rotatable bonds is 10. The molecule has 0 aromatic heterocycles. The molecule has 1 aromatic rings. The van der Waals surface area contributed by atoms with Gasteiger partial charge in [-0.15, -0.1) is 5.54 Å². The second-order valence-electron chi connectivity index (χ2n) is 7.67. The van der Waals surface area contributed by atoms with Crippen LogP contribution in [0.15, 0.2) is 12.1 Å². The van der Waals surface area contributed by atoms with Gasteiger partial charge < -0.3 is 28.4 Å². The molecule has 0 fully saturated rings. The molecule has 172 valence electrons. The highest BCUT2D eigenvalue weighted by Gasteiger charge is 2.21. The van der Waals surface area contributed by atoms with E-state index in [0.717, 1.165) is 0 Å². The first-order valence-electron chi connectivity index (χ1n) is 9.94. The van der Waals surface area contributed by atoms with E-state index >= 15 is 0 Å². The van der Waals surface area contributed by atoms with Crippen LogP contribution in [0.4, 0.5) is 4.79 Å². The lowest BCUT2D eigenvalue weighted by atomic mass is 10.1. The van der Waals surface area contributed by atoms with E-state index in [1.54, 1.807) is 12.1 Å². The summed E-state index contributed by atoms with van der Waals surface area (Å²) < 4.78 is 31.5. The largest absolute Gasteiger partial charge is 0.515 e. The van der Waals surface area contributed by atoms with Gasteiger partial charge in [0.15, 0.2) is 17.6 Å². The summed E-state index contributed by atoms with van der Waals surface area (Å²) in [6.45, 7) is 7.98. The highest BCUT2D eigenvalue weighted by molar-refractivity contribution is 6.83. The molecule has 0 aliphatic carbocycles. The van der Waals surface area contributed by atoms with Gasteiger partial charge in [-0.05, 0) is 19.3 Å². The molecule has 31 heavy (non-hydrogen) atoms. The quantitative estimate of drug-likeness (QED) is 0.171. The minimum absolute atomic E-state index is 0.0857. The van der Waals surface area contributed by atoms with Crippen LogP contribution < -0.4 is 18.9 Å². The Bertz CT molecular complexity index is 779. The zero-order chi connectivity index (χ0) is 23.4. The third-order valence-corrected chi connectivity index (χ3v) is 4.76. The van der Waals surface area contributed by atoms with Gasteiger partial charge in [-0.25, -0.2) is 4.79 Å². The van der Waals surface area contributed by atoms with E-state index in [0.29, 0.717) is 31.6 Å². The zero-order valence-electron chi connectivity index (χ0n) is 19.3. The van der Waals surface area contributed by atoms with Crippen LogP contribution in [0.2, 0.25) is 19.6 Å². The normalized spacial score (nSPS) is 11.5. The molecular weight excluding hydrogens is 420 g/mol. The summed E-state index contributed by atoms with van der Waals surface area (Å²) in [6.07, 6.45) is 0.234. The van der Waals surface area contributed by atoms with E-state index in [2.05, 4.69) is 31.1 Å². The monoisotopic (exact) mass is 452 g/mol. The molecule has 0 amide bonds. The maximum absolute atomic E-state index is 12.5. The van der Waals surface area contributed by atoms with Crippen LogP contribution in [-0.4, -0.2) is 54.2 Å². The SMILES string of the molecule is COc1cc(OC)c(OC(=O)OC(C#C[Si](C)(C)C)CCCCOC(C)=O)c(OC)c1. The molecule has 0 aliphatic rings.